The second-order valence-electron chi connectivity index (χ2n) is 5.56. The number of benzene rings is 1. The van der Waals surface area contributed by atoms with E-state index in [2.05, 4.69) is 9.97 Å². The third-order valence-electron chi connectivity index (χ3n) is 4.03. The summed E-state index contributed by atoms with van der Waals surface area (Å²) in [6, 6.07) is 5.46. The van der Waals surface area contributed by atoms with Crippen LogP contribution in [0.3, 0.4) is 0 Å². The SMILES string of the molecule is COC(=O)c1ccc2[nH]cc(-c3cncc(C4CC4)n3)c2c1. The molecule has 1 saturated carbocycles. The van der Waals surface area contributed by atoms with E-state index < -0.39 is 0 Å². The number of methoxy groups -OCH3 is 1. The number of H-pyrrole nitrogens is 1. The van der Waals surface area contributed by atoms with Crippen LogP contribution in [0.1, 0.15) is 34.8 Å². The molecule has 0 saturated heterocycles. The van der Waals surface area contributed by atoms with Gasteiger partial charge in [-0.15, -0.1) is 0 Å². The van der Waals surface area contributed by atoms with Crippen LogP contribution in [0.2, 0.25) is 0 Å². The Hall–Kier alpha value is -2.69. The zero-order valence-electron chi connectivity index (χ0n) is 12.2. The summed E-state index contributed by atoms with van der Waals surface area (Å²) in [7, 11) is 1.38. The van der Waals surface area contributed by atoms with E-state index in [-0.39, 0.29) is 5.97 Å². The summed E-state index contributed by atoms with van der Waals surface area (Å²) in [5.74, 6) is 0.218. The largest absolute Gasteiger partial charge is 0.465 e. The number of hydrogen-bond acceptors (Lipinski definition) is 4. The zero-order valence-corrected chi connectivity index (χ0v) is 12.2. The fourth-order valence-electron chi connectivity index (χ4n) is 2.66. The number of carbonyl (C=O) groups excluding carboxylic acids is 1. The molecule has 4 rings (SSSR count). The molecule has 5 heteroatoms. The number of rotatable bonds is 3. The number of ether oxygens (including phenoxy) is 1. The van der Waals surface area contributed by atoms with E-state index in [4.69, 9.17) is 9.72 Å². The summed E-state index contributed by atoms with van der Waals surface area (Å²) >= 11 is 0. The summed E-state index contributed by atoms with van der Waals surface area (Å²) in [5, 5.41) is 0.949. The zero-order chi connectivity index (χ0) is 15.1. The van der Waals surface area contributed by atoms with Gasteiger partial charge in [0.05, 0.1) is 30.3 Å². The Balaban J connectivity index is 1.83. The Bertz CT molecular complexity index is 865. The molecule has 110 valence electrons. The van der Waals surface area contributed by atoms with Crippen molar-refractivity contribution in [1.82, 2.24) is 15.0 Å². The minimum absolute atomic E-state index is 0.341. The normalized spacial score (nSPS) is 14.2. The van der Waals surface area contributed by atoms with Crippen molar-refractivity contribution >= 4 is 16.9 Å². The number of fused-ring (bicyclic) bond motifs is 1. The standard InChI is InChI=1S/C17H15N3O2/c1-22-17(21)11-4-5-14-12(6-11)13(7-19-14)16-9-18-8-15(20-16)10-2-3-10/h4-10,19H,2-3H2,1H3. The van der Waals surface area contributed by atoms with Crippen molar-refractivity contribution in [2.45, 2.75) is 18.8 Å². The Kier molecular flexibility index (Phi) is 2.92. The van der Waals surface area contributed by atoms with Gasteiger partial charge in [0.1, 0.15) is 0 Å². The molecule has 0 atom stereocenters. The number of hydrogen-bond donors (Lipinski definition) is 1. The van der Waals surface area contributed by atoms with Gasteiger partial charge in [0.15, 0.2) is 0 Å². The van der Waals surface area contributed by atoms with Gasteiger partial charge in [-0.25, -0.2) is 9.78 Å². The highest BCUT2D eigenvalue weighted by Gasteiger charge is 2.25. The average Bonchev–Trinajstić information content (AvgIpc) is 3.33. The number of carbonyl (C=O) groups is 1. The number of aromatic nitrogens is 3. The van der Waals surface area contributed by atoms with E-state index >= 15 is 0 Å². The Labute approximate surface area is 127 Å². The number of nitrogens with one attached hydrogen (secondary N) is 1. The van der Waals surface area contributed by atoms with Crippen molar-refractivity contribution in [1.29, 1.82) is 0 Å². The molecule has 0 bridgehead atoms. The molecule has 1 aromatic carbocycles. The van der Waals surface area contributed by atoms with E-state index in [1.807, 2.05) is 24.5 Å². The monoisotopic (exact) mass is 293 g/mol. The predicted molar refractivity (Wildman–Crippen MR) is 82.6 cm³/mol. The van der Waals surface area contributed by atoms with E-state index in [0.717, 1.165) is 27.9 Å². The Morgan fingerprint density at radius 3 is 2.95 bits per heavy atom. The Morgan fingerprint density at radius 2 is 2.18 bits per heavy atom. The lowest BCUT2D eigenvalue weighted by molar-refractivity contribution is 0.0601. The molecule has 0 unspecified atom stereocenters. The van der Waals surface area contributed by atoms with Crippen molar-refractivity contribution in [3.63, 3.8) is 0 Å². The van der Waals surface area contributed by atoms with Crippen molar-refractivity contribution < 1.29 is 9.53 Å². The van der Waals surface area contributed by atoms with Gasteiger partial charge >= 0.3 is 5.97 Å². The van der Waals surface area contributed by atoms with Gasteiger partial charge in [0, 0.05) is 34.8 Å². The molecule has 0 spiro atoms. The van der Waals surface area contributed by atoms with Gasteiger partial charge in [-0.1, -0.05) is 0 Å². The number of aromatic amines is 1. The summed E-state index contributed by atoms with van der Waals surface area (Å²) < 4.78 is 4.79. The third-order valence-corrected chi connectivity index (χ3v) is 4.03. The molecular weight excluding hydrogens is 278 g/mol. The van der Waals surface area contributed by atoms with E-state index in [9.17, 15) is 4.79 Å². The molecule has 1 N–H and O–H groups in total. The van der Waals surface area contributed by atoms with Crippen LogP contribution in [0.4, 0.5) is 0 Å². The quantitative estimate of drug-likeness (QED) is 0.752. The van der Waals surface area contributed by atoms with E-state index in [1.165, 1.54) is 20.0 Å². The Morgan fingerprint density at radius 1 is 1.32 bits per heavy atom. The van der Waals surface area contributed by atoms with Crippen molar-refractivity contribution in [2.75, 3.05) is 7.11 Å². The average molecular weight is 293 g/mol. The molecule has 1 fully saturated rings. The summed E-state index contributed by atoms with van der Waals surface area (Å²) in [4.78, 5) is 24.0. The lowest BCUT2D eigenvalue weighted by Crippen LogP contribution is -2.00. The topological polar surface area (TPSA) is 67.9 Å². The van der Waals surface area contributed by atoms with Gasteiger partial charge < -0.3 is 9.72 Å². The molecular formula is C17H15N3O2. The maximum Gasteiger partial charge on any atom is 0.337 e. The second kappa shape index (κ2) is 4.94. The van der Waals surface area contributed by atoms with E-state index in [0.29, 0.717) is 11.5 Å². The van der Waals surface area contributed by atoms with Crippen LogP contribution in [0.5, 0.6) is 0 Å². The summed E-state index contributed by atoms with van der Waals surface area (Å²) in [6.45, 7) is 0. The van der Waals surface area contributed by atoms with Crippen molar-refractivity contribution in [3.8, 4) is 11.3 Å². The van der Waals surface area contributed by atoms with Crippen molar-refractivity contribution in [3.05, 3.63) is 48.0 Å². The fraction of sp³-hybridized carbons (Fsp3) is 0.235. The summed E-state index contributed by atoms with van der Waals surface area (Å²) in [5.41, 5.74) is 4.33. The van der Waals surface area contributed by atoms with Gasteiger partial charge in [-0.2, -0.15) is 0 Å². The highest BCUT2D eigenvalue weighted by atomic mass is 16.5. The van der Waals surface area contributed by atoms with E-state index in [1.54, 1.807) is 12.3 Å². The second-order valence-corrected chi connectivity index (χ2v) is 5.56. The maximum absolute atomic E-state index is 11.7. The first kappa shape index (κ1) is 13.0. The van der Waals surface area contributed by atoms with Gasteiger partial charge in [-0.3, -0.25) is 4.98 Å². The molecule has 1 aliphatic rings. The molecule has 2 heterocycles. The molecule has 22 heavy (non-hydrogen) atoms. The lowest BCUT2D eigenvalue weighted by Gasteiger charge is -2.03. The smallest absolute Gasteiger partial charge is 0.337 e. The molecule has 5 nitrogen and oxygen atoms in total. The summed E-state index contributed by atoms with van der Waals surface area (Å²) in [6.07, 6.45) is 7.90. The van der Waals surface area contributed by atoms with Gasteiger partial charge in [-0.05, 0) is 31.0 Å². The molecule has 2 aromatic heterocycles. The van der Waals surface area contributed by atoms with Crippen molar-refractivity contribution in [2.24, 2.45) is 0 Å². The first-order valence-corrected chi connectivity index (χ1v) is 7.28. The molecule has 3 aromatic rings. The lowest BCUT2D eigenvalue weighted by atomic mass is 10.1. The van der Waals surface area contributed by atoms with Crippen LogP contribution in [0.15, 0.2) is 36.8 Å². The van der Waals surface area contributed by atoms with Gasteiger partial charge in [0.2, 0.25) is 0 Å². The molecule has 0 aliphatic heterocycles. The molecule has 0 amide bonds. The highest BCUT2D eigenvalue weighted by Crippen LogP contribution is 2.39. The third kappa shape index (κ3) is 2.15. The maximum atomic E-state index is 11.7. The number of esters is 1. The predicted octanol–water partition coefficient (Wildman–Crippen LogP) is 3.29. The van der Waals surface area contributed by atoms with Crippen LogP contribution < -0.4 is 0 Å². The minimum atomic E-state index is -0.341. The first-order chi connectivity index (χ1) is 10.8. The van der Waals surface area contributed by atoms with Crippen LogP contribution >= 0.6 is 0 Å². The van der Waals surface area contributed by atoms with Gasteiger partial charge in [0.25, 0.3) is 0 Å². The van der Waals surface area contributed by atoms with Crippen LogP contribution in [0.25, 0.3) is 22.2 Å². The van der Waals surface area contributed by atoms with Crippen LogP contribution in [-0.4, -0.2) is 28.0 Å². The first-order valence-electron chi connectivity index (χ1n) is 7.28. The number of nitrogens with zero attached hydrogens (tertiary/aromatic N) is 2. The van der Waals surface area contributed by atoms with Crippen LogP contribution in [0, 0.1) is 0 Å². The highest BCUT2D eigenvalue weighted by molar-refractivity contribution is 6.00. The minimum Gasteiger partial charge on any atom is -0.465 e. The fourth-order valence-corrected chi connectivity index (χ4v) is 2.66. The molecule has 0 radical (unpaired) electrons. The molecule has 1 aliphatic carbocycles. The van der Waals surface area contributed by atoms with Crippen LogP contribution in [-0.2, 0) is 4.74 Å².